The minimum Gasteiger partial charge on any atom is -0.461 e. The number of nitrogens with zero attached hydrogens (tertiary/aromatic N) is 1. The fraction of sp³-hybridized carbons (Fsp3) is 0.882. The van der Waals surface area contributed by atoms with Gasteiger partial charge in [0.1, 0.15) is 12.4 Å². The summed E-state index contributed by atoms with van der Waals surface area (Å²) < 4.78 is 5.63. The van der Waals surface area contributed by atoms with Crippen molar-refractivity contribution in [2.45, 2.75) is 79.5 Å². The van der Waals surface area contributed by atoms with Crippen LogP contribution in [0.15, 0.2) is 0 Å². The second-order valence-corrected chi connectivity index (χ2v) is 8.05. The molecule has 0 radical (unpaired) electrons. The first-order valence-electron chi connectivity index (χ1n) is 7.66. The first-order valence-corrected chi connectivity index (χ1v) is 7.66. The molecule has 4 nitrogen and oxygen atoms in total. The van der Waals surface area contributed by atoms with E-state index in [0.29, 0.717) is 6.42 Å². The molecule has 0 aliphatic carbocycles. The number of aldehydes is 1. The molecular weight excluding hydrogens is 266 g/mol. The predicted octanol–water partition coefficient (Wildman–Crippen LogP) is 3.29. The number of carbonyl (C=O) groups is 2. The zero-order valence-corrected chi connectivity index (χ0v) is 15.2. The van der Waals surface area contributed by atoms with Crippen LogP contribution >= 0.6 is 0 Å². The Kier molecular flexibility index (Phi) is 7.07. The molecule has 0 aliphatic rings. The van der Waals surface area contributed by atoms with E-state index in [2.05, 4.69) is 53.5 Å². The van der Waals surface area contributed by atoms with Crippen LogP contribution in [-0.2, 0) is 14.3 Å². The lowest BCUT2D eigenvalue weighted by molar-refractivity contribution is -0.160. The molecule has 1 unspecified atom stereocenters. The number of carbonyl (C=O) groups excluding carboxylic acids is 2. The lowest BCUT2D eigenvalue weighted by Crippen LogP contribution is -2.58. The summed E-state index contributed by atoms with van der Waals surface area (Å²) in [5.74, 6) is -0.310. The van der Waals surface area contributed by atoms with E-state index in [1.165, 1.54) is 6.92 Å². The second-order valence-electron chi connectivity index (χ2n) is 8.05. The van der Waals surface area contributed by atoms with Crippen molar-refractivity contribution in [1.82, 2.24) is 4.90 Å². The van der Waals surface area contributed by atoms with Crippen LogP contribution < -0.4 is 0 Å². The molecule has 0 rings (SSSR count). The topological polar surface area (TPSA) is 46.6 Å². The molecule has 124 valence electrons. The van der Waals surface area contributed by atoms with Gasteiger partial charge < -0.3 is 9.53 Å². The minimum atomic E-state index is -0.308. The Labute approximate surface area is 130 Å². The van der Waals surface area contributed by atoms with Crippen LogP contribution in [0.4, 0.5) is 0 Å². The van der Waals surface area contributed by atoms with E-state index in [-0.39, 0.29) is 35.0 Å². The normalized spacial score (nSPS) is 17.2. The average Bonchev–Trinajstić information content (AvgIpc) is 2.24. The van der Waals surface area contributed by atoms with Crippen molar-refractivity contribution in [1.29, 1.82) is 0 Å². The van der Waals surface area contributed by atoms with E-state index >= 15 is 0 Å². The van der Waals surface area contributed by atoms with Gasteiger partial charge in [-0.15, -0.1) is 0 Å². The molecule has 0 aromatic carbocycles. The number of hydrogen-bond donors (Lipinski definition) is 0. The van der Waals surface area contributed by atoms with Gasteiger partial charge in [-0.1, -0.05) is 27.7 Å². The van der Waals surface area contributed by atoms with Gasteiger partial charge in [-0.3, -0.25) is 9.69 Å². The van der Waals surface area contributed by atoms with Gasteiger partial charge >= 0.3 is 5.97 Å². The van der Waals surface area contributed by atoms with Gasteiger partial charge in [0.25, 0.3) is 0 Å². The quantitative estimate of drug-likeness (QED) is 0.558. The van der Waals surface area contributed by atoms with E-state index in [4.69, 9.17) is 4.74 Å². The van der Waals surface area contributed by atoms with Gasteiger partial charge in [0.2, 0.25) is 0 Å². The van der Waals surface area contributed by atoms with Gasteiger partial charge in [-0.05, 0) is 33.2 Å². The monoisotopic (exact) mass is 299 g/mol. The Balaban J connectivity index is 5.68. The van der Waals surface area contributed by atoms with Crippen molar-refractivity contribution in [3.63, 3.8) is 0 Å². The molecule has 4 heteroatoms. The van der Waals surface area contributed by atoms with Crippen LogP contribution in [-0.4, -0.2) is 41.9 Å². The maximum atomic E-state index is 11.5. The number of likely N-dealkylation sites (N-methyl/N-ethyl adjacent to an activating group) is 1. The number of esters is 1. The molecule has 0 heterocycles. The van der Waals surface area contributed by atoms with Crippen LogP contribution in [0.1, 0.15) is 61.8 Å². The van der Waals surface area contributed by atoms with Gasteiger partial charge in [-0.2, -0.15) is 0 Å². The van der Waals surface area contributed by atoms with Crippen LogP contribution in [0.5, 0.6) is 0 Å². The summed E-state index contributed by atoms with van der Waals surface area (Å²) >= 11 is 0. The molecule has 0 fully saturated rings. The molecule has 0 bridgehead atoms. The Morgan fingerprint density at radius 3 is 1.95 bits per heavy atom. The summed E-state index contributed by atoms with van der Waals surface area (Å²) in [5, 5.41) is 0. The lowest BCUT2D eigenvalue weighted by atomic mass is 9.76. The van der Waals surface area contributed by atoms with E-state index in [1.54, 1.807) is 0 Å². The number of ether oxygens (including phenoxy) is 1. The average molecular weight is 299 g/mol. The van der Waals surface area contributed by atoms with Crippen molar-refractivity contribution >= 4 is 12.3 Å². The van der Waals surface area contributed by atoms with E-state index in [9.17, 15) is 9.59 Å². The molecule has 0 saturated heterocycles. The summed E-state index contributed by atoms with van der Waals surface area (Å²) in [6.45, 7) is 16.2. The smallest absolute Gasteiger partial charge is 0.302 e. The third-order valence-corrected chi connectivity index (χ3v) is 4.00. The predicted molar refractivity (Wildman–Crippen MR) is 86.2 cm³/mol. The summed E-state index contributed by atoms with van der Waals surface area (Å²) in [5.41, 5.74) is -0.142. The molecule has 21 heavy (non-hydrogen) atoms. The Bertz CT molecular complexity index is 352. The van der Waals surface area contributed by atoms with Crippen molar-refractivity contribution in [2.75, 3.05) is 7.05 Å². The molecule has 0 saturated carbocycles. The van der Waals surface area contributed by atoms with Gasteiger partial charge in [0, 0.05) is 24.8 Å². The Morgan fingerprint density at radius 1 is 1.19 bits per heavy atom. The lowest BCUT2D eigenvalue weighted by Gasteiger charge is -2.49. The van der Waals surface area contributed by atoms with E-state index in [1.807, 2.05) is 6.92 Å². The first-order chi connectivity index (χ1) is 9.32. The summed E-state index contributed by atoms with van der Waals surface area (Å²) in [6.07, 6.45) is 0.984. The van der Waals surface area contributed by atoms with Crippen molar-refractivity contribution in [3.8, 4) is 0 Å². The maximum Gasteiger partial charge on any atom is 0.302 e. The number of rotatable bonds is 6. The van der Waals surface area contributed by atoms with Crippen molar-refractivity contribution < 1.29 is 14.3 Å². The highest BCUT2D eigenvalue weighted by molar-refractivity contribution is 5.66. The first kappa shape index (κ1) is 20.1. The van der Waals surface area contributed by atoms with Gasteiger partial charge in [-0.25, -0.2) is 0 Å². The van der Waals surface area contributed by atoms with E-state index < -0.39 is 0 Å². The van der Waals surface area contributed by atoms with Gasteiger partial charge in [0.05, 0.1) is 6.04 Å². The minimum absolute atomic E-state index is 0.0135. The zero-order chi connectivity index (χ0) is 17.0. The molecular formula is C17H33NO3. The summed E-state index contributed by atoms with van der Waals surface area (Å²) in [6, 6.07) is 0.0244. The van der Waals surface area contributed by atoms with Crippen LogP contribution in [0.25, 0.3) is 0 Å². The SMILES string of the molecule is CC(=O)O[C@@H](C(N(C)C(C)(C)C)C(C)(C)C)[C@H](C)CC=O. The van der Waals surface area contributed by atoms with Gasteiger partial charge in [0.15, 0.2) is 0 Å². The molecule has 0 aliphatic heterocycles. The molecule has 0 spiro atoms. The van der Waals surface area contributed by atoms with Crippen molar-refractivity contribution in [3.05, 3.63) is 0 Å². The third kappa shape index (κ3) is 6.16. The maximum absolute atomic E-state index is 11.5. The standard InChI is InChI=1S/C17H33NO3/c1-12(10-11-19)14(21-13(2)20)15(16(3,4)5)18(9)17(6,7)8/h11-12,14-15H,10H2,1-9H3/t12-,14-,15?/m1/s1. The fourth-order valence-corrected chi connectivity index (χ4v) is 2.68. The Hall–Kier alpha value is -0.900. The van der Waals surface area contributed by atoms with Crippen LogP contribution in [0.3, 0.4) is 0 Å². The number of hydrogen-bond acceptors (Lipinski definition) is 4. The molecule has 0 aromatic rings. The highest BCUT2D eigenvalue weighted by Crippen LogP contribution is 2.35. The van der Waals surface area contributed by atoms with E-state index in [0.717, 1.165) is 6.29 Å². The van der Waals surface area contributed by atoms with Crippen LogP contribution in [0, 0.1) is 11.3 Å². The highest BCUT2D eigenvalue weighted by atomic mass is 16.5. The van der Waals surface area contributed by atoms with Crippen molar-refractivity contribution in [2.24, 2.45) is 11.3 Å². The second kappa shape index (κ2) is 7.39. The summed E-state index contributed by atoms with van der Waals surface area (Å²) in [7, 11) is 2.06. The largest absolute Gasteiger partial charge is 0.461 e. The molecule has 0 amide bonds. The molecule has 0 N–H and O–H groups in total. The molecule has 3 atom stereocenters. The molecule has 0 aromatic heterocycles. The highest BCUT2D eigenvalue weighted by Gasteiger charge is 2.43. The van der Waals surface area contributed by atoms with Crippen LogP contribution in [0.2, 0.25) is 0 Å². The summed E-state index contributed by atoms with van der Waals surface area (Å²) in [4.78, 5) is 24.7. The Morgan fingerprint density at radius 2 is 1.67 bits per heavy atom. The fourth-order valence-electron chi connectivity index (χ4n) is 2.68. The zero-order valence-electron chi connectivity index (χ0n) is 15.2. The third-order valence-electron chi connectivity index (χ3n) is 4.00.